The summed E-state index contributed by atoms with van der Waals surface area (Å²) in [5.74, 6) is -1.86. The number of aryl methyl sites for hydroxylation is 2. The second-order valence-electron chi connectivity index (χ2n) is 7.54. The topological polar surface area (TPSA) is 118 Å². The first-order valence-corrected chi connectivity index (χ1v) is 12.1. The Hall–Kier alpha value is -3.27. The fraction of sp³-hybridized carbons (Fsp3) is 0.130. The van der Waals surface area contributed by atoms with Gasteiger partial charge in [-0.1, -0.05) is 23.8 Å². The highest BCUT2D eigenvalue weighted by Crippen LogP contribution is 2.44. The van der Waals surface area contributed by atoms with Gasteiger partial charge in [0.2, 0.25) is 10.0 Å². The minimum absolute atomic E-state index is 0.0123. The van der Waals surface area contributed by atoms with Gasteiger partial charge in [-0.2, -0.15) is 0 Å². The lowest BCUT2D eigenvalue weighted by atomic mass is 9.96. The van der Waals surface area contributed by atoms with Crippen molar-refractivity contribution in [1.29, 1.82) is 0 Å². The van der Waals surface area contributed by atoms with E-state index >= 15 is 0 Å². The third-order valence-corrected chi connectivity index (χ3v) is 7.20. The van der Waals surface area contributed by atoms with E-state index in [2.05, 4.69) is 0 Å². The van der Waals surface area contributed by atoms with Gasteiger partial charge in [-0.25, -0.2) is 13.6 Å². The van der Waals surface area contributed by atoms with Gasteiger partial charge in [0.25, 0.3) is 11.7 Å². The van der Waals surface area contributed by atoms with Gasteiger partial charge in [-0.05, 0) is 61.2 Å². The average Bonchev–Trinajstić information content (AvgIpc) is 3.36. The molecular weight excluding hydrogens is 448 g/mol. The Kier molecular flexibility index (Phi) is 5.49. The fourth-order valence-electron chi connectivity index (χ4n) is 3.75. The molecule has 32 heavy (non-hydrogen) atoms. The molecular formula is C23H20N2O5S2. The van der Waals surface area contributed by atoms with Crippen molar-refractivity contribution >= 4 is 44.5 Å². The summed E-state index contributed by atoms with van der Waals surface area (Å²) in [7, 11) is -3.91. The third-order valence-electron chi connectivity index (χ3n) is 5.35. The fourth-order valence-corrected chi connectivity index (χ4v) is 5.09. The molecule has 1 saturated heterocycles. The summed E-state index contributed by atoms with van der Waals surface area (Å²) in [5, 5.41) is 18.2. The zero-order chi connectivity index (χ0) is 23.2. The van der Waals surface area contributed by atoms with Crippen LogP contribution in [0.15, 0.2) is 70.4 Å². The van der Waals surface area contributed by atoms with E-state index in [0.717, 1.165) is 11.1 Å². The number of aliphatic hydroxyl groups is 1. The second-order valence-corrected chi connectivity index (χ2v) is 10.1. The van der Waals surface area contributed by atoms with Crippen LogP contribution in [0.25, 0.3) is 5.76 Å². The summed E-state index contributed by atoms with van der Waals surface area (Å²) in [4.78, 5) is 28.0. The zero-order valence-electron chi connectivity index (χ0n) is 17.3. The molecule has 0 aliphatic carbocycles. The SMILES string of the molecule is Cc1ccc(C)c(/C(O)=C2/C(=O)C(=O)N(c3ccc(S(N)(=O)=O)cc3)C2c2cccs2)c1. The van der Waals surface area contributed by atoms with Crippen molar-refractivity contribution in [3.8, 4) is 0 Å². The lowest BCUT2D eigenvalue weighted by Gasteiger charge is -2.24. The Labute approximate surface area is 189 Å². The quantitative estimate of drug-likeness (QED) is 0.344. The lowest BCUT2D eigenvalue weighted by Crippen LogP contribution is -2.29. The number of nitrogens with zero attached hydrogens (tertiary/aromatic N) is 1. The van der Waals surface area contributed by atoms with Crippen LogP contribution in [0.4, 0.5) is 5.69 Å². The first kappa shape index (κ1) is 21.9. The summed E-state index contributed by atoms with van der Waals surface area (Å²) >= 11 is 1.35. The van der Waals surface area contributed by atoms with E-state index in [1.54, 1.807) is 18.2 Å². The maximum atomic E-state index is 13.1. The van der Waals surface area contributed by atoms with Crippen LogP contribution in [0.5, 0.6) is 0 Å². The van der Waals surface area contributed by atoms with Crippen LogP contribution in [-0.2, 0) is 19.6 Å². The van der Waals surface area contributed by atoms with Crippen molar-refractivity contribution in [2.75, 3.05) is 4.90 Å². The first-order chi connectivity index (χ1) is 15.1. The molecule has 0 bridgehead atoms. The summed E-state index contributed by atoms with van der Waals surface area (Å²) in [6, 6.07) is 13.6. The molecule has 1 aromatic heterocycles. The van der Waals surface area contributed by atoms with E-state index in [9.17, 15) is 23.1 Å². The smallest absolute Gasteiger partial charge is 0.300 e. The molecule has 3 N–H and O–H groups in total. The molecule has 1 aliphatic rings. The maximum absolute atomic E-state index is 13.1. The van der Waals surface area contributed by atoms with Crippen molar-refractivity contribution in [2.24, 2.45) is 5.14 Å². The number of primary sulfonamides is 1. The number of sulfonamides is 1. The largest absolute Gasteiger partial charge is 0.507 e. The maximum Gasteiger partial charge on any atom is 0.300 e. The van der Waals surface area contributed by atoms with Gasteiger partial charge in [-0.3, -0.25) is 14.5 Å². The zero-order valence-corrected chi connectivity index (χ0v) is 18.9. The highest BCUT2D eigenvalue weighted by molar-refractivity contribution is 7.89. The predicted molar refractivity (Wildman–Crippen MR) is 123 cm³/mol. The second kappa shape index (κ2) is 8.01. The van der Waals surface area contributed by atoms with Gasteiger partial charge in [0.05, 0.1) is 10.5 Å². The van der Waals surface area contributed by atoms with Crippen molar-refractivity contribution in [3.05, 3.63) is 87.1 Å². The van der Waals surface area contributed by atoms with Crippen molar-refractivity contribution < 1.29 is 23.1 Å². The number of anilines is 1. The summed E-state index contributed by atoms with van der Waals surface area (Å²) < 4.78 is 23.2. The molecule has 164 valence electrons. The molecule has 1 unspecified atom stereocenters. The average molecular weight is 469 g/mol. The van der Waals surface area contributed by atoms with Gasteiger partial charge in [0.15, 0.2) is 0 Å². The number of nitrogens with two attached hydrogens (primary N) is 1. The molecule has 0 radical (unpaired) electrons. The van der Waals surface area contributed by atoms with Crippen LogP contribution in [0.3, 0.4) is 0 Å². The van der Waals surface area contributed by atoms with Crippen molar-refractivity contribution in [2.45, 2.75) is 24.8 Å². The van der Waals surface area contributed by atoms with Crippen LogP contribution in [-0.4, -0.2) is 25.2 Å². The molecule has 3 aromatic rings. The molecule has 0 spiro atoms. The van der Waals surface area contributed by atoms with Crippen molar-refractivity contribution in [3.63, 3.8) is 0 Å². The molecule has 1 aliphatic heterocycles. The molecule has 0 saturated carbocycles. The van der Waals surface area contributed by atoms with E-state index in [1.165, 1.54) is 40.5 Å². The summed E-state index contributed by atoms with van der Waals surface area (Å²) in [5.41, 5.74) is 2.45. The number of Topliss-reactive ketones (excluding diaryl/α,β-unsaturated/α-hetero) is 1. The minimum Gasteiger partial charge on any atom is -0.507 e. The molecule has 1 fully saturated rings. The van der Waals surface area contributed by atoms with Gasteiger partial charge < -0.3 is 5.11 Å². The van der Waals surface area contributed by atoms with Gasteiger partial charge >= 0.3 is 0 Å². The Balaban J connectivity index is 1.92. The standard InChI is InChI=1S/C23H20N2O5S2/c1-13-5-6-14(2)17(12-13)21(26)19-20(18-4-3-11-31-18)25(23(28)22(19)27)15-7-9-16(10-8-15)32(24,29)30/h3-12,20,26H,1-2H3,(H2,24,29,30)/b21-19-. The predicted octanol–water partition coefficient (Wildman–Crippen LogP) is 3.64. The lowest BCUT2D eigenvalue weighted by molar-refractivity contribution is -0.132. The number of carbonyl (C=O) groups is 2. The van der Waals surface area contributed by atoms with E-state index in [0.29, 0.717) is 16.1 Å². The number of benzene rings is 2. The Bertz CT molecular complexity index is 1360. The molecule has 4 rings (SSSR count). The van der Waals surface area contributed by atoms with Gasteiger partial charge in [0.1, 0.15) is 11.8 Å². The molecule has 2 aromatic carbocycles. The Morgan fingerprint density at radius 1 is 1.06 bits per heavy atom. The minimum atomic E-state index is -3.91. The highest BCUT2D eigenvalue weighted by atomic mass is 32.2. The number of ketones is 1. The van der Waals surface area contributed by atoms with E-state index in [4.69, 9.17) is 5.14 Å². The number of thiophene rings is 1. The Morgan fingerprint density at radius 3 is 2.34 bits per heavy atom. The Morgan fingerprint density at radius 2 is 1.75 bits per heavy atom. The number of carbonyl (C=O) groups excluding carboxylic acids is 2. The normalized spacial score (nSPS) is 18.3. The highest BCUT2D eigenvalue weighted by Gasteiger charge is 2.47. The van der Waals surface area contributed by atoms with Crippen LogP contribution >= 0.6 is 11.3 Å². The summed E-state index contributed by atoms with van der Waals surface area (Å²) in [6.45, 7) is 3.69. The van der Waals surface area contributed by atoms with Crippen molar-refractivity contribution in [1.82, 2.24) is 0 Å². The van der Waals surface area contributed by atoms with Crippen LogP contribution in [0, 0.1) is 13.8 Å². The number of hydrogen-bond acceptors (Lipinski definition) is 6. The number of rotatable bonds is 4. The molecule has 1 amide bonds. The third kappa shape index (κ3) is 3.75. The van der Waals surface area contributed by atoms with Crippen LogP contribution < -0.4 is 10.0 Å². The molecule has 9 heteroatoms. The van der Waals surface area contributed by atoms with Gasteiger partial charge in [0, 0.05) is 16.1 Å². The first-order valence-electron chi connectivity index (χ1n) is 9.64. The summed E-state index contributed by atoms with van der Waals surface area (Å²) in [6.07, 6.45) is 0. The van der Waals surface area contributed by atoms with Crippen LogP contribution in [0.1, 0.15) is 27.6 Å². The van der Waals surface area contributed by atoms with E-state index in [-0.39, 0.29) is 16.2 Å². The number of aliphatic hydroxyl groups excluding tert-OH is 1. The molecule has 1 atom stereocenters. The number of hydrogen-bond donors (Lipinski definition) is 2. The van der Waals surface area contributed by atoms with Crippen LogP contribution in [0.2, 0.25) is 0 Å². The van der Waals surface area contributed by atoms with Gasteiger partial charge in [-0.15, -0.1) is 11.3 Å². The number of amides is 1. The van der Waals surface area contributed by atoms with E-state index in [1.807, 2.05) is 31.4 Å². The molecule has 7 nitrogen and oxygen atoms in total. The van der Waals surface area contributed by atoms with E-state index < -0.39 is 27.8 Å². The molecule has 2 heterocycles. The monoisotopic (exact) mass is 468 g/mol.